The Balaban J connectivity index is 2.08. The number of aryl methyl sites for hydroxylation is 2. The van der Waals surface area contributed by atoms with Gasteiger partial charge in [0, 0.05) is 19.1 Å². The van der Waals surface area contributed by atoms with E-state index in [1.54, 1.807) is 0 Å². The fraction of sp³-hybridized carbons (Fsp3) is 0.769. The van der Waals surface area contributed by atoms with Crippen molar-refractivity contribution < 1.29 is 0 Å². The lowest BCUT2D eigenvalue weighted by Gasteiger charge is -2.31. The van der Waals surface area contributed by atoms with Crippen LogP contribution in [0.4, 0.5) is 0 Å². The van der Waals surface area contributed by atoms with Gasteiger partial charge in [-0.2, -0.15) is 5.10 Å². The molecule has 102 valence electrons. The van der Waals surface area contributed by atoms with Gasteiger partial charge in [-0.3, -0.25) is 9.58 Å². The Morgan fingerprint density at radius 3 is 2.72 bits per heavy atom. The Kier molecular flexibility index (Phi) is 4.81. The van der Waals surface area contributed by atoms with Crippen molar-refractivity contribution >= 4 is 15.9 Å². The van der Waals surface area contributed by atoms with Crippen molar-refractivity contribution in [2.24, 2.45) is 0 Å². The molecule has 5 heteroatoms. The van der Waals surface area contributed by atoms with Crippen LogP contribution in [0.2, 0.25) is 0 Å². The second kappa shape index (κ2) is 6.17. The Hall–Kier alpha value is -0.390. The summed E-state index contributed by atoms with van der Waals surface area (Å²) in [5.74, 6) is 0. The third-order valence-corrected chi connectivity index (χ3v) is 4.82. The molecule has 0 amide bonds. The van der Waals surface area contributed by atoms with Crippen LogP contribution in [0.25, 0.3) is 0 Å². The third-order valence-electron chi connectivity index (χ3n) is 3.78. The van der Waals surface area contributed by atoms with E-state index in [0.29, 0.717) is 6.04 Å². The van der Waals surface area contributed by atoms with Crippen molar-refractivity contribution in [1.82, 2.24) is 20.0 Å². The molecule has 1 aliphatic rings. The fourth-order valence-electron chi connectivity index (χ4n) is 2.63. The molecule has 0 aliphatic carbocycles. The van der Waals surface area contributed by atoms with Gasteiger partial charge in [0.2, 0.25) is 0 Å². The van der Waals surface area contributed by atoms with Gasteiger partial charge in [-0.15, -0.1) is 0 Å². The van der Waals surface area contributed by atoms with Crippen LogP contribution >= 0.6 is 15.9 Å². The highest BCUT2D eigenvalue weighted by Gasteiger charge is 2.21. The molecule has 0 radical (unpaired) electrons. The van der Waals surface area contributed by atoms with Gasteiger partial charge in [0.25, 0.3) is 0 Å². The zero-order chi connectivity index (χ0) is 13.1. The van der Waals surface area contributed by atoms with Crippen molar-refractivity contribution in [3.8, 4) is 0 Å². The molecule has 0 bridgehead atoms. The number of halogens is 1. The maximum absolute atomic E-state index is 4.56. The Morgan fingerprint density at radius 2 is 2.11 bits per heavy atom. The van der Waals surface area contributed by atoms with Crippen LogP contribution in [0.5, 0.6) is 0 Å². The molecule has 1 aromatic rings. The number of hydrogen-bond donors (Lipinski definition) is 1. The predicted molar refractivity (Wildman–Crippen MR) is 77.7 cm³/mol. The lowest BCUT2D eigenvalue weighted by atomic mass is 10.1. The minimum absolute atomic E-state index is 0.693. The van der Waals surface area contributed by atoms with Gasteiger partial charge in [-0.05, 0) is 62.8 Å². The normalized spacial score (nSPS) is 17.6. The number of nitrogens with zero attached hydrogens (tertiary/aromatic N) is 3. The number of hydrogen-bond acceptors (Lipinski definition) is 3. The lowest BCUT2D eigenvalue weighted by Crippen LogP contribution is -2.41. The van der Waals surface area contributed by atoms with Gasteiger partial charge in [0.05, 0.1) is 15.9 Å². The van der Waals surface area contributed by atoms with Gasteiger partial charge >= 0.3 is 0 Å². The van der Waals surface area contributed by atoms with Crippen LogP contribution in [-0.2, 0) is 13.1 Å². The van der Waals surface area contributed by atoms with E-state index in [1.807, 2.05) is 0 Å². The summed E-state index contributed by atoms with van der Waals surface area (Å²) in [6.45, 7) is 8.39. The van der Waals surface area contributed by atoms with Crippen LogP contribution in [0, 0.1) is 6.92 Å². The molecule has 0 atom stereocenters. The summed E-state index contributed by atoms with van der Waals surface area (Å²) in [4.78, 5) is 2.47. The van der Waals surface area contributed by atoms with E-state index in [0.717, 1.165) is 31.9 Å². The molecule has 4 nitrogen and oxygen atoms in total. The zero-order valence-electron chi connectivity index (χ0n) is 11.5. The molecule has 0 aromatic carbocycles. The van der Waals surface area contributed by atoms with Crippen molar-refractivity contribution in [3.63, 3.8) is 0 Å². The van der Waals surface area contributed by atoms with Gasteiger partial charge in [-0.1, -0.05) is 0 Å². The molecule has 1 saturated heterocycles. The molecular weight excluding hydrogens is 292 g/mol. The molecule has 2 rings (SSSR count). The van der Waals surface area contributed by atoms with Crippen LogP contribution in [0.1, 0.15) is 31.2 Å². The first-order valence-electron chi connectivity index (χ1n) is 6.76. The monoisotopic (exact) mass is 314 g/mol. The van der Waals surface area contributed by atoms with Gasteiger partial charge in [-0.25, -0.2) is 0 Å². The van der Waals surface area contributed by atoms with E-state index < -0.39 is 0 Å². The largest absolute Gasteiger partial charge is 0.317 e. The van der Waals surface area contributed by atoms with Gasteiger partial charge in [0.15, 0.2) is 0 Å². The third kappa shape index (κ3) is 2.95. The zero-order valence-corrected chi connectivity index (χ0v) is 13.1. The van der Waals surface area contributed by atoms with E-state index in [1.165, 1.54) is 23.0 Å². The van der Waals surface area contributed by atoms with Crippen molar-refractivity contribution in [2.75, 3.05) is 20.1 Å². The minimum Gasteiger partial charge on any atom is -0.317 e. The topological polar surface area (TPSA) is 33.1 Å². The maximum atomic E-state index is 4.56. The van der Waals surface area contributed by atoms with Crippen LogP contribution < -0.4 is 5.32 Å². The summed E-state index contributed by atoms with van der Waals surface area (Å²) in [6, 6.07) is 0.693. The molecule has 1 aromatic heterocycles. The summed E-state index contributed by atoms with van der Waals surface area (Å²) in [7, 11) is 2.23. The minimum atomic E-state index is 0.693. The first kappa shape index (κ1) is 14.0. The molecule has 0 unspecified atom stereocenters. The summed E-state index contributed by atoms with van der Waals surface area (Å²) in [6.07, 6.45) is 2.49. The molecule has 1 fully saturated rings. The summed E-state index contributed by atoms with van der Waals surface area (Å²) in [5.41, 5.74) is 2.39. The molecule has 1 aliphatic heterocycles. The summed E-state index contributed by atoms with van der Waals surface area (Å²) < 4.78 is 3.28. The quantitative estimate of drug-likeness (QED) is 0.924. The Bertz CT molecular complexity index is 396. The van der Waals surface area contributed by atoms with Crippen LogP contribution in [0.15, 0.2) is 4.47 Å². The van der Waals surface area contributed by atoms with E-state index in [-0.39, 0.29) is 0 Å². The molecule has 0 saturated carbocycles. The smallest absolute Gasteiger partial charge is 0.0739 e. The van der Waals surface area contributed by atoms with E-state index in [4.69, 9.17) is 0 Å². The standard InChI is InChI=1S/C13H23BrN4/c1-4-18-12(13(14)10(2)16-18)9-17(3)11-5-7-15-8-6-11/h11,15H,4-9H2,1-3H3. The van der Waals surface area contributed by atoms with Gasteiger partial charge < -0.3 is 5.32 Å². The fourth-order valence-corrected chi connectivity index (χ4v) is 3.04. The van der Waals surface area contributed by atoms with E-state index >= 15 is 0 Å². The second-order valence-electron chi connectivity index (χ2n) is 5.06. The molecule has 18 heavy (non-hydrogen) atoms. The number of aromatic nitrogens is 2. The molecule has 2 heterocycles. The van der Waals surface area contributed by atoms with Crippen LogP contribution in [-0.4, -0.2) is 40.9 Å². The molecular formula is C13H23BrN4. The van der Waals surface area contributed by atoms with E-state index in [9.17, 15) is 0 Å². The highest BCUT2D eigenvalue weighted by atomic mass is 79.9. The first-order chi connectivity index (χ1) is 8.63. The van der Waals surface area contributed by atoms with E-state index in [2.05, 4.69) is 56.8 Å². The molecule has 0 spiro atoms. The first-order valence-corrected chi connectivity index (χ1v) is 7.55. The highest BCUT2D eigenvalue weighted by molar-refractivity contribution is 9.10. The highest BCUT2D eigenvalue weighted by Crippen LogP contribution is 2.23. The predicted octanol–water partition coefficient (Wildman–Crippen LogP) is 2.16. The van der Waals surface area contributed by atoms with Crippen molar-refractivity contribution in [2.45, 2.75) is 45.8 Å². The Morgan fingerprint density at radius 1 is 1.44 bits per heavy atom. The average molecular weight is 315 g/mol. The van der Waals surface area contributed by atoms with Crippen molar-refractivity contribution in [1.29, 1.82) is 0 Å². The lowest BCUT2D eigenvalue weighted by molar-refractivity contribution is 0.187. The van der Waals surface area contributed by atoms with Crippen molar-refractivity contribution in [3.05, 3.63) is 15.9 Å². The summed E-state index contributed by atoms with van der Waals surface area (Å²) >= 11 is 3.67. The van der Waals surface area contributed by atoms with Crippen LogP contribution in [0.3, 0.4) is 0 Å². The maximum Gasteiger partial charge on any atom is 0.0739 e. The van der Waals surface area contributed by atoms with Gasteiger partial charge in [0.1, 0.15) is 0 Å². The number of rotatable bonds is 4. The molecule has 1 N–H and O–H groups in total. The average Bonchev–Trinajstić information content (AvgIpc) is 2.67. The number of piperidine rings is 1. The number of nitrogens with one attached hydrogen (secondary N) is 1. The second-order valence-corrected chi connectivity index (χ2v) is 5.85. The Labute approximate surface area is 118 Å². The SMILES string of the molecule is CCn1nc(C)c(Br)c1CN(C)C1CCNCC1. The summed E-state index contributed by atoms with van der Waals surface area (Å²) in [5, 5.41) is 7.98.